The smallest absolute Gasteiger partial charge is 0.0197 e. The summed E-state index contributed by atoms with van der Waals surface area (Å²) in [6.07, 6.45) is 1.32. The van der Waals surface area contributed by atoms with Gasteiger partial charge < -0.3 is 4.90 Å². The maximum Gasteiger partial charge on any atom is 0.0197 e. The van der Waals surface area contributed by atoms with Gasteiger partial charge in [-0.3, -0.25) is 4.90 Å². The van der Waals surface area contributed by atoms with Gasteiger partial charge in [0.25, 0.3) is 0 Å². The van der Waals surface area contributed by atoms with Crippen LogP contribution in [0.5, 0.6) is 0 Å². The molecule has 1 aliphatic rings. The van der Waals surface area contributed by atoms with Gasteiger partial charge in [-0.2, -0.15) is 0 Å². The van der Waals surface area contributed by atoms with Crippen LogP contribution in [-0.4, -0.2) is 48.6 Å². The van der Waals surface area contributed by atoms with Crippen LogP contribution in [0.15, 0.2) is 0 Å². The highest BCUT2D eigenvalue weighted by molar-refractivity contribution is 4.77. The Hall–Kier alpha value is -0.0800. The van der Waals surface area contributed by atoms with Crippen LogP contribution >= 0.6 is 0 Å². The highest BCUT2D eigenvalue weighted by Gasteiger charge is 2.20. The fourth-order valence-corrected chi connectivity index (χ4v) is 2.16. The van der Waals surface area contributed by atoms with Gasteiger partial charge in [-0.05, 0) is 47.3 Å². The Balaban J connectivity index is 2.51. The van der Waals surface area contributed by atoms with Crippen LogP contribution in [0.2, 0.25) is 0 Å². The van der Waals surface area contributed by atoms with Crippen LogP contribution in [-0.2, 0) is 0 Å². The van der Waals surface area contributed by atoms with Gasteiger partial charge >= 0.3 is 0 Å². The van der Waals surface area contributed by atoms with Crippen molar-refractivity contribution in [2.75, 3.05) is 26.7 Å². The van der Waals surface area contributed by atoms with Gasteiger partial charge in [0.15, 0.2) is 0 Å². The van der Waals surface area contributed by atoms with Gasteiger partial charge in [0, 0.05) is 18.6 Å². The molecule has 2 nitrogen and oxygen atoms in total. The minimum Gasteiger partial charge on any atom is -0.305 e. The van der Waals surface area contributed by atoms with E-state index in [9.17, 15) is 0 Å². The summed E-state index contributed by atoms with van der Waals surface area (Å²) >= 11 is 0. The van der Waals surface area contributed by atoms with Crippen molar-refractivity contribution in [3.8, 4) is 0 Å². The first-order chi connectivity index (χ1) is 5.61. The van der Waals surface area contributed by atoms with Crippen LogP contribution in [0.1, 0.15) is 27.2 Å². The zero-order valence-electron chi connectivity index (χ0n) is 8.88. The molecule has 1 aliphatic heterocycles. The van der Waals surface area contributed by atoms with E-state index in [-0.39, 0.29) is 0 Å². The molecule has 0 bridgehead atoms. The molecule has 1 rings (SSSR count). The highest BCUT2D eigenvalue weighted by Crippen LogP contribution is 2.11. The lowest BCUT2D eigenvalue weighted by atomic mass is 10.2. The van der Waals surface area contributed by atoms with Crippen molar-refractivity contribution in [3.63, 3.8) is 0 Å². The maximum absolute atomic E-state index is 2.60. The van der Waals surface area contributed by atoms with Gasteiger partial charge in [-0.15, -0.1) is 0 Å². The van der Waals surface area contributed by atoms with Crippen molar-refractivity contribution in [3.05, 3.63) is 0 Å². The quantitative estimate of drug-likeness (QED) is 0.587. The molecule has 72 valence electrons. The van der Waals surface area contributed by atoms with Gasteiger partial charge in [-0.1, -0.05) is 0 Å². The van der Waals surface area contributed by atoms with Crippen molar-refractivity contribution < 1.29 is 0 Å². The summed E-state index contributed by atoms with van der Waals surface area (Å²) in [5.74, 6) is 0. The normalized spacial score (nSPS) is 29.2. The molecule has 0 aromatic rings. The third-order valence-electron chi connectivity index (χ3n) is 2.76. The summed E-state index contributed by atoms with van der Waals surface area (Å²) < 4.78 is 0. The molecule has 0 aromatic carbocycles. The minimum atomic E-state index is 0.700. The fourth-order valence-electron chi connectivity index (χ4n) is 2.16. The molecule has 1 atom stereocenters. The fraction of sp³-hybridized carbons (Fsp3) is 1.00. The Kier molecular flexibility index (Phi) is 3.53. The number of hydrogen-bond donors (Lipinski definition) is 0. The Morgan fingerprint density at radius 3 is 2.50 bits per heavy atom. The van der Waals surface area contributed by atoms with Crippen molar-refractivity contribution in [2.24, 2.45) is 0 Å². The average molecular weight is 170 g/mol. The Bertz CT molecular complexity index is 134. The first-order valence-corrected chi connectivity index (χ1v) is 5.05. The summed E-state index contributed by atoms with van der Waals surface area (Å²) in [5, 5.41) is 0. The maximum atomic E-state index is 2.60. The molecular formula is C10H22N2. The van der Waals surface area contributed by atoms with E-state index in [1.165, 1.54) is 26.1 Å². The number of nitrogens with zero attached hydrogens (tertiary/aromatic N) is 2. The SMILES string of the molecule is CC(C)N1CCCN(C)CC1C. The summed E-state index contributed by atoms with van der Waals surface area (Å²) in [7, 11) is 2.22. The molecule has 12 heavy (non-hydrogen) atoms. The summed E-state index contributed by atoms with van der Waals surface area (Å²) in [6.45, 7) is 10.7. The lowest BCUT2D eigenvalue weighted by Crippen LogP contribution is -2.41. The number of hydrogen-bond acceptors (Lipinski definition) is 2. The molecule has 0 aliphatic carbocycles. The van der Waals surface area contributed by atoms with Crippen molar-refractivity contribution >= 4 is 0 Å². The average Bonchev–Trinajstić information content (AvgIpc) is 2.10. The van der Waals surface area contributed by atoms with Gasteiger partial charge in [0.05, 0.1) is 0 Å². The molecule has 0 saturated carbocycles. The van der Waals surface area contributed by atoms with Crippen LogP contribution in [0, 0.1) is 0 Å². The Morgan fingerprint density at radius 1 is 1.25 bits per heavy atom. The molecule has 0 N–H and O–H groups in total. The van der Waals surface area contributed by atoms with E-state index in [2.05, 4.69) is 37.6 Å². The molecule has 2 heteroatoms. The monoisotopic (exact) mass is 170 g/mol. The van der Waals surface area contributed by atoms with E-state index >= 15 is 0 Å². The molecule has 0 aromatic heterocycles. The molecule has 1 saturated heterocycles. The van der Waals surface area contributed by atoms with Crippen molar-refractivity contribution in [1.29, 1.82) is 0 Å². The third kappa shape index (κ3) is 2.46. The molecule has 1 fully saturated rings. The largest absolute Gasteiger partial charge is 0.305 e. The van der Waals surface area contributed by atoms with Crippen molar-refractivity contribution in [1.82, 2.24) is 9.80 Å². The molecule has 0 radical (unpaired) electrons. The second kappa shape index (κ2) is 4.24. The van der Waals surface area contributed by atoms with Gasteiger partial charge in [0.2, 0.25) is 0 Å². The van der Waals surface area contributed by atoms with E-state index in [1.54, 1.807) is 0 Å². The number of likely N-dealkylation sites (N-methyl/N-ethyl adjacent to an activating group) is 1. The van der Waals surface area contributed by atoms with Crippen LogP contribution in [0.3, 0.4) is 0 Å². The summed E-state index contributed by atoms with van der Waals surface area (Å²) in [5.41, 5.74) is 0. The van der Waals surface area contributed by atoms with Crippen molar-refractivity contribution in [2.45, 2.75) is 39.3 Å². The predicted molar refractivity (Wildman–Crippen MR) is 53.4 cm³/mol. The Morgan fingerprint density at radius 2 is 1.92 bits per heavy atom. The Labute approximate surface area is 76.5 Å². The second-order valence-corrected chi connectivity index (χ2v) is 4.30. The van der Waals surface area contributed by atoms with E-state index in [0.717, 1.165) is 6.04 Å². The zero-order valence-corrected chi connectivity index (χ0v) is 8.88. The highest BCUT2D eigenvalue weighted by atomic mass is 15.2. The van der Waals surface area contributed by atoms with E-state index in [0.29, 0.717) is 6.04 Å². The lowest BCUT2D eigenvalue weighted by molar-refractivity contribution is 0.162. The molecule has 0 amide bonds. The van der Waals surface area contributed by atoms with E-state index in [1.807, 2.05) is 0 Å². The first kappa shape index (κ1) is 10.0. The minimum absolute atomic E-state index is 0.700. The first-order valence-electron chi connectivity index (χ1n) is 5.05. The third-order valence-corrected chi connectivity index (χ3v) is 2.76. The predicted octanol–water partition coefficient (Wildman–Crippen LogP) is 1.42. The number of rotatable bonds is 1. The van der Waals surface area contributed by atoms with Crippen LogP contribution in [0.4, 0.5) is 0 Å². The van der Waals surface area contributed by atoms with Crippen LogP contribution < -0.4 is 0 Å². The van der Waals surface area contributed by atoms with Crippen LogP contribution in [0.25, 0.3) is 0 Å². The molecule has 1 unspecified atom stereocenters. The zero-order chi connectivity index (χ0) is 9.14. The van der Waals surface area contributed by atoms with E-state index in [4.69, 9.17) is 0 Å². The standard InChI is InChI=1S/C10H22N2/c1-9(2)12-7-5-6-11(4)8-10(12)3/h9-10H,5-8H2,1-4H3. The van der Waals surface area contributed by atoms with E-state index < -0.39 is 0 Å². The van der Waals surface area contributed by atoms with Gasteiger partial charge in [0.1, 0.15) is 0 Å². The lowest BCUT2D eigenvalue weighted by Gasteiger charge is -2.31. The summed E-state index contributed by atoms with van der Waals surface area (Å²) in [6, 6.07) is 1.42. The molecular weight excluding hydrogens is 148 g/mol. The molecule has 0 spiro atoms. The molecule has 1 heterocycles. The van der Waals surface area contributed by atoms with Gasteiger partial charge in [-0.25, -0.2) is 0 Å². The summed E-state index contributed by atoms with van der Waals surface area (Å²) in [4.78, 5) is 5.04. The second-order valence-electron chi connectivity index (χ2n) is 4.30. The topological polar surface area (TPSA) is 6.48 Å².